The van der Waals surface area contributed by atoms with Gasteiger partial charge in [0.25, 0.3) is 11.1 Å². The van der Waals surface area contributed by atoms with E-state index in [1.807, 2.05) is 6.92 Å². The predicted molar refractivity (Wildman–Crippen MR) is 143 cm³/mol. The molecule has 3 aromatic carbocycles. The number of carboxylic acids is 1. The predicted octanol–water partition coefficient (Wildman–Crippen LogP) is 7.02. The number of anilines is 1. The second-order valence-electron chi connectivity index (χ2n) is 7.55. The number of thioether (sulfide) groups is 1. The number of aromatic carboxylic acids is 1. The van der Waals surface area contributed by atoms with Crippen LogP contribution in [0.1, 0.15) is 28.4 Å². The number of carbonyl (C=O) groups is 3. The van der Waals surface area contributed by atoms with Crippen molar-refractivity contribution in [3.63, 3.8) is 0 Å². The van der Waals surface area contributed by atoms with Crippen molar-refractivity contribution in [1.29, 1.82) is 0 Å². The average Bonchev–Trinajstić information content (AvgIpc) is 3.11. The summed E-state index contributed by atoms with van der Waals surface area (Å²) in [6.07, 6.45) is 1.61. The molecule has 4 rings (SSSR count). The van der Waals surface area contributed by atoms with E-state index >= 15 is 0 Å². The van der Waals surface area contributed by atoms with Gasteiger partial charge in [-0.25, -0.2) is 9.69 Å². The lowest BCUT2D eigenvalue weighted by Gasteiger charge is -2.15. The number of halogens is 2. The van der Waals surface area contributed by atoms with Crippen LogP contribution in [0, 0.1) is 0 Å². The lowest BCUT2D eigenvalue weighted by molar-refractivity contribution is -0.113. The first kappa shape index (κ1) is 25.8. The topological polar surface area (TPSA) is 93.1 Å². The van der Waals surface area contributed by atoms with E-state index in [0.717, 1.165) is 16.7 Å². The van der Waals surface area contributed by atoms with Gasteiger partial charge in [0.2, 0.25) is 0 Å². The highest BCUT2D eigenvalue weighted by atomic mass is 79.9. The second kappa shape index (κ2) is 11.2. The van der Waals surface area contributed by atoms with E-state index in [1.54, 1.807) is 60.7 Å². The van der Waals surface area contributed by atoms with Crippen LogP contribution in [0.3, 0.4) is 0 Å². The molecule has 3 aromatic rings. The molecule has 0 spiro atoms. The number of hydrogen-bond donors (Lipinski definition) is 1. The number of ether oxygens (including phenoxy) is 2. The molecule has 1 fully saturated rings. The van der Waals surface area contributed by atoms with E-state index in [4.69, 9.17) is 21.1 Å². The highest BCUT2D eigenvalue weighted by Crippen LogP contribution is 2.40. The van der Waals surface area contributed by atoms with Gasteiger partial charge in [-0.3, -0.25) is 9.59 Å². The minimum atomic E-state index is -1.02. The summed E-state index contributed by atoms with van der Waals surface area (Å²) in [6, 6.07) is 16.5. The van der Waals surface area contributed by atoms with Crippen LogP contribution in [0.5, 0.6) is 11.5 Å². The van der Waals surface area contributed by atoms with Gasteiger partial charge >= 0.3 is 5.97 Å². The van der Waals surface area contributed by atoms with Gasteiger partial charge in [-0.2, -0.15) is 0 Å². The summed E-state index contributed by atoms with van der Waals surface area (Å²) < 4.78 is 12.3. The first-order valence-electron chi connectivity index (χ1n) is 10.7. The summed E-state index contributed by atoms with van der Waals surface area (Å²) in [5, 5.41) is 9.21. The van der Waals surface area contributed by atoms with E-state index in [1.165, 1.54) is 6.07 Å². The van der Waals surface area contributed by atoms with E-state index in [0.29, 0.717) is 44.4 Å². The number of nitrogens with zero attached hydrogens (tertiary/aromatic N) is 1. The smallest absolute Gasteiger partial charge is 0.335 e. The SMILES string of the molecule is CCOc1cc(/C=C2/SC(=O)N(c3cccc(Cl)c3)C2=O)cc(Br)c1OCc1cccc(C(=O)O)c1. The maximum absolute atomic E-state index is 13.0. The highest BCUT2D eigenvalue weighted by molar-refractivity contribution is 9.10. The number of rotatable bonds is 8. The molecule has 36 heavy (non-hydrogen) atoms. The zero-order chi connectivity index (χ0) is 25.8. The molecule has 1 aliphatic rings. The molecule has 0 radical (unpaired) electrons. The Morgan fingerprint density at radius 1 is 1.11 bits per heavy atom. The molecule has 0 aliphatic carbocycles. The van der Waals surface area contributed by atoms with Crippen LogP contribution in [0.2, 0.25) is 5.02 Å². The largest absolute Gasteiger partial charge is 0.490 e. The van der Waals surface area contributed by atoms with Gasteiger partial charge in [-0.1, -0.05) is 29.8 Å². The van der Waals surface area contributed by atoms with E-state index in [-0.39, 0.29) is 17.1 Å². The normalized spacial score (nSPS) is 14.4. The van der Waals surface area contributed by atoms with Crippen LogP contribution in [0.25, 0.3) is 6.08 Å². The standard InChI is InChI=1S/C26H19BrClNO6S/c1-2-34-21-11-16(10-20(27)23(21)35-14-15-5-3-6-17(9-15)25(31)32)12-22-24(30)29(26(33)36-22)19-8-4-7-18(28)13-19/h3-13H,2,14H2,1H3,(H,31,32)/b22-12+. The average molecular weight is 589 g/mol. The fourth-order valence-corrected chi connectivity index (χ4v) is 5.08. The van der Waals surface area contributed by atoms with Crippen molar-refractivity contribution < 1.29 is 29.0 Å². The Bertz CT molecular complexity index is 1390. The zero-order valence-electron chi connectivity index (χ0n) is 18.9. The number of imide groups is 1. The van der Waals surface area contributed by atoms with Crippen LogP contribution in [-0.4, -0.2) is 28.8 Å². The van der Waals surface area contributed by atoms with Gasteiger partial charge in [0.05, 0.1) is 27.2 Å². The quantitative estimate of drug-likeness (QED) is 0.283. The summed E-state index contributed by atoms with van der Waals surface area (Å²) in [6.45, 7) is 2.32. The molecule has 1 heterocycles. The van der Waals surface area contributed by atoms with Gasteiger partial charge in [0.1, 0.15) is 6.61 Å². The maximum atomic E-state index is 13.0. The van der Waals surface area contributed by atoms with Gasteiger partial charge in [-0.05, 0) is 94.3 Å². The van der Waals surface area contributed by atoms with E-state index in [9.17, 15) is 19.5 Å². The molecule has 0 atom stereocenters. The number of hydrogen-bond acceptors (Lipinski definition) is 6. The monoisotopic (exact) mass is 587 g/mol. The van der Waals surface area contributed by atoms with Crippen molar-refractivity contribution in [3.8, 4) is 11.5 Å². The Kier molecular flexibility index (Phi) is 8.03. The van der Waals surface area contributed by atoms with Crippen molar-refractivity contribution in [2.45, 2.75) is 13.5 Å². The van der Waals surface area contributed by atoms with E-state index in [2.05, 4.69) is 15.9 Å². The fraction of sp³-hybridized carbons (Fsp3) is 0.115. The Morgan fingerprint density at radius 2 is 1.89 bits per heavy atom. The minimum Gasteiger partial charge on any atom is -0.490 e. The van der Waals surface area contributed by atoms with Gasteiger partial charge < -0.3 is 14.6 Å². The molecular formula is C26H19BrClNO6S. The maximum Gasteiger partial charge on any atom is 0.335 e. The molecule has 10 heteroatoms. The number of carboxylic acid groups (broad SMARTS) is 1. The Labute approximate surface area is 224 Å². The fourth-order valence-electron chi connectivity index (χ4n) is 3.48. The summed E-state index contributed by atoms with van der Waals surface area (Å²) in [5.41, 5.74) is 1.88. The molecular weight excluding hydrogens is 570 g/mol. The molecule has 1 saturated heterocycles. The molecule has 0 bridgehead atoms. The van der Waals surface area contributed by atoms with Crippen molar-refractivity contribution >= 4 is 68.2 Å². The molecule has 2 amide bonds. The first-order chi connectivity index (χ1) is 17.3. The summed E-state index contributed by atoms with van der Waals surface area (Å²) in [7, 11) is 0. The van der Waals surface area contributed by atoms with Crippen LogP contribution in [0.15, 0.2) is 70.0 Å². The lowest BCUT2D eigenvalue weighted by Crippen LogP contribution is -2.27. The Hall–Kier alpha value is -3.27. The zero-order valence-corrected chi connectivity index (χ0v) is 22.0. The molecule has 7 nitrogen and oxygen atoms in total. The van der Waals surface area contributed by atoms with Gasteiger partial charge in [0, 0.05) is 5.02 Å². The minimum absolute atomic E-state index is 0.123. The second-order valence-corrected chi connectivity index (χ2v) is 9.84. The van der Waals surface area contributed by atoms with Crippen molar-refractivity contribution in [3.05, 3.63) is 91.8 Å². The molecule has 0 unspecified atom stereocenters. The van der Waals surface area contributed by atoms with Gasteiger partial charge in [0.15, 0.2) is 11.5 Å². The first-order valence-corrected chi connectivity index (χ1v) is 12.7. The molecule has 0 aromatic heterocycles. The summed E-state index contributed by atoms with van der Waals surface area (Å²) in [5.74, 6) is -0.597. The van der Waals surface area contributed by atoms with Crippen LogP contribution < -0.4 is 14.4 Å². The summed E-state index contributed by atoms with van der Waals surface area (Å²) in [4.78, 5) is 38.1. The lowest BCUT2D eigenvalue weighted by atomic mass is 10.1. The molecule has 1 N–H and O–H groups in total. The molecule has 184 valence electrons. The number of carbonyl (C=O) groups excluding carboxylic acids is 2. The number of amides is 2. The van der Waals surface area contributed by atoms with Crippen LogP contribution in [0.4, 0.5) is 10.5 Å². The highest BCUT2D eigenvalue weighted by Gasteiger charge is 2.36. The number of benzene rings is 3. The third-order valence-corrected chi connectivity index (χ3v) is 6.74. The van der Waals surface area contributed by atoms with Gasteiger partial charge in [-0.15, -0.1) is 0 Å². The van der Waals surface area contributed by atoms with Crippen molar-refractivity contribution in [2.24, 2.45) is 0 Å². The van der Waals surface area contributed by atoms with Crippen molar-refractivity contribution in [2.75, 3.05) is 11.5 Å². The summed E-state index contributed by atoms with van der Waals surface area (Å²) >= 11 is 10.4. The van der Waals surface area contributed by atoms with Crippen molar-refractivity contribution in [1.82, 2.24) is 0 Å². The van der Waals surface area contributed by atoms with E-state index < -0.39 is 17.1 Å². The Balaban J connectivity index is 1.59. The Morgan fingerprint density at radius 3 is 2.61 bits per heavy atom. The third kappa shape index (κ3) is 5.75. The van der Waals surface area contributed by atoms with Crippen LogP contribution >= 0.6 is 39.3 Å². The molecule has 1 aliphatic heterocycles. The molecule has 0 saturated carbocycles. The van der Waals surface area contributed by atoms with Crippen LogP contribution in [-0.2, 0) is 11.4 Å². The third-order valence-electron chi connectivity index (χ3n) is 5.05.